The van der Waals surface area contributed by atoms with Crippen molar-refractivity contribution in [2.24, 2.45) is 5.92 Å². The number of carbonyl (C=O) groups excluding carboxylic acids is 2. The van der Waals surface area contributed by atoms with E-state index in [0.29, 0.717) is 0 Å². The first-order chi connectivity index (χ1) is 12.3. The van der Waals surface area contributed by atoms with Gasteiger partial charge in [0.15, 0.2) is 6.61 Å². The largest absolute Gasteiger partial charge is 0.464 e. The summed E-state index contributed by atoms with van der Waals surface area (Å²) in [6, 6.07) is 6.04. The van der Waals surface area contributed by atoms with E-state index in [0.717, 1.165) is 40.5 Å². The molecule has 1 aromatic carbocycles. The van der Waals surface area contributed by atoms with Crippen LogP contribution in [0.15, 0.2) is 22.8 Å². The summed E-state index contributed by atoms with van der Waals surface area (Å²) in [5, 5.41) is 12.8. The molecule has 136 valence electrons. The zero-order valence-corrected chi connectivity index (χ0v) is 15.2. The van der Waals surface area contributed by atoms with E-state index in [1.54, 1.807) is 13.2 Å². The van der Waals surface area contributed by atoms with Crippen LogP contribution in [0.1, 0.15) is 36.5 Å². The molecule has 0 spiro atoms. The van der Waals surface area contributed by atoms with E-state index in [-0.39, 0.29) is 12.3 Å². The predicted octanol–water partition coefficient (Wildman–Crippen LogP) is 2.94. The van der Waals surface area contributed by atoms with Crippen LogP contribution < -0.4 is 5.32 Å². The second-order valence-corrected chi connectivity index (χ2v) is 7.12. The molecule has 1 saturated carbocycles. The highest BCUT2D eigenvalue weighted by molar-refractivity contribution is 5.89. The number of hydrogen-bond acceptors (Lipinski definition) is 5. The minimum Gasteiger partial charge on any atom is -0.464 e. The standard InChI is InChI=1S/C20H22N2O4/c1-12-4-7-16-14(9-26-19(16)13(12)2)8-18(24)25-10-17(23)22-20(3,11-21)15-5-6-15/h4,7,9,15H,5-6,8,10H2,1-3H3,(H,22,23)/t20-/m1/s1. The average Bonchev–Trinajstić information content (AvgIpc) is 3.39. The number of nitrogens with zero attached hydrogens (tertiary/aromatic N) is 1. The molecule has 0 saturated heterocycles. The Morgan fingerprint density at radius 1 is 1.38 bits per heavy atom. The fourth-order valence-corrected chi connectivity index (χ4v) is 3.09. The number of aryl methyl sites for hydroxylation is 2. The molecule has 6 nitrogen and oxygen atoms in total. The van der Waals surface area contributed by atoms with Gasteiger partial charge in [0, 0.05) is 10.9 Å². The van der Waals surface area contributed by atoms with Crippen molar-refractivity contribution in [3.8, 4) is 6.07 Å². The van der Waals surface area contributed by atoms with Crippen molar-refractivity contribution in [1.29, 1.82) is 5.26 Å². The van der Waals surface area contributed by atoms with Crippen molar-refractivity contribution in [1.82, 2.24) is 5.32 Å². The van der Waals surface area contributed by atoms with Crippen molar-refractivity contribution in [2.75, 3.05) is 6.61 Å². The number of rotatable bonds is 6. The number of benzene rings is 1. The Morgan fingerprint density at radius 2 is 2.12 bits per heavy atom. The van der Waals surface area contributed by atoms with Gasteiger partial charge in [-0.2, -0.15) is 5.26 Å². The van der Waals surface area contributed by atoms with Crippen LogP contribution in [0.2, 0.25) is 0 Å². The lowest BCUT2D eigenvalue weighted by Crippen LogP contribution is -2.48. The number of fused-ring (bicyclic) bond motifs is 1. The molecule has 0 bridgehead atoms. The zero-order valence-electron chi connectivity index (χ0n) is 15.2. The van der Waals surface area contributed by atoms with E-state index in [9.17, 15) is 14.9 Å². The van der Waals surface area contributed by atoms with E-state index in [1.807, 2.05) is 26.0 Å². The summed E-state index contributed by atoms with van der Waals surface area (Å²) in [6.45, 7) is 5.28. The highest BCUT2D eigenvalue weighted by Gasteiger charge is 2.43. The lowest BCUT2D eigenvalue weighted by atomic mass is 9.98. The van der Waals surface area contributed by atoms with Crippen LogP contribution in [-0.2, 0) is 20.7 Å². The first-order valence-corrected chi connectivity index (χ1v) is 8.68. The minimum absolute atomic E-state index is 0.0287. The number of furan rings is 1. The summed E-state index contributed by atoms with van der Waals surface area (Å²) < 4.78 is 10.6. The average molecular weight is 354 g/mol. The lowest BCUT2D eigenvalue weighted by Gasteiger charge is -2.22. The Balaban J connectivity index is 1.57. The van der Waals surface area contributed by atoms with Gasteiger partial charge in [0.25, 0.3) is 5.91 Å². The molecule has 2 aromatic rings. The van der Waals surface area contributed by atoms with Crippen LogP contribution in [0, 0.1) is 31.1 Å². The summed E-state index contributed by atoms with van der Waals surface area (Å²) in [5.41, 5.74) is 2.76. The van der Waals surface area contributed by atoms with Gasteiger partial charge in [0.05, 0.1) is 18.8 Å². The molecule has 1 aliphatic rings. The highest BCUT2D eigenvalue weighted by atomic mass is 16.5. The number of amides is 1. The fourth-order valence-electron chi connectivity index (χ4n) is 3.09. The zero-order chi connectivity index (χ0) is 18.9. The molecule has 1 N–H and O–H groups in total. The lowest BCUT2D eigenvalue weighted by molar-refractivity contribution is -0.148. The fraction of sp³-hybridized carbons (Fsp3) is 0.450. The van der Waals surface area contributed by atoms with Gasteiger partial charge in [-0.25, -0.2) is 0 Å². The second kappa shape index (κ2) is 6.83. The molecular weight excluding hydrogens is 332 g/mol. The Hall–Kier alpha value is -2.81. The molecule has 3 rings (SSSR count). The van der Waals surface area contributed by atoms with Crippen LogP contribution in [0.5, 0.6) is 0 Å². The van der Waals surface area contributed by atoms with Crippen LogP contribution in [0.25, 0.3) is 11.0 Å². The third-order valence-electron chi connectivity index (χ3n) is 5.07. The van der Waals surface area contributed by atoms with Crippen LogP contribution in [0.4, 0.5) is 0 Å². The summed E-state index contributed by atoms with van der Waals surface area (Å²) >= 11 is 0. The van der Waals surface area contributed by atoms with Gasteiger partial charge >= 0.3 is 5.97 Å². The SMILES string of the molecule is Cc1ccc2c(CC(=O)OCC(=O)N[C@](C)(C#N)C3CC3)coc2c1C. The third kappa shape index (κ3) is 3.57. The quantitative estimate of drug-likeness (QED) is 0.805. The Labute approximate surface area is 152 Å². The number of nitriles is 1. The molecule has 0 radical (unpaired) electrons. The van der Waals surface area contributed by atoms with E-state index in [4.69, 9.17) is 9.15 Å². The van der Waals surface area contributed by atoms with Gasteiger partial charge in [0.2, 0.25) is 0 Å². The molecule has 1 fully saturated rings. The Bertz CT molecular complexity index is 904. The molecule has 0 aliphatic heterocycles. The van der Waals surface area contributed by atoms with E-state index < -0.39 is 24.0 Å². The molecule has 1 amide bonds. The topological polar surface area (TPSA) is 92.3 Å². The smallest absolute Gasteiger partial charge is 0.310 e. The van der Waals surface area contributed by atoms with Gasteiger partial charge in [-0.3, -0.25) is 9.59 Å². The van der Waals surface area contributed by atoms with Crippen LogP contribution in [-0.4, -0.2) is 24.0 Å². The maximum absolute atomic E-state index is 12.1. The minimum atomic E-state index is -0.889. The normalized spacial score (nSPS) is 15.9. The monoisotopic (exact) mass is 354 g/mol. The third-order valence-corrected chi connectivity index (χ3v) is 5.07. The molecule has 1 aliphatic carbocycles. The molecule has 0 unspecified atom stereocenters. The van der Waals surface area contributed by atoms with Crippen molar-refractivity contribution in [3.05, 3.63) is 35.1 Å². The van der Waals surface area contributed by atoms with Crippen LogP contribution in [0.3, 0.4) is 0 Å². The number of hydrogen-bond donors (Lipinski definition) is 1. The number of ether oxygens (including phenoxy) is 1. The predicted molar refractivity (Wildman–Crippen MR) is 95.2 cm³/mol. The molecule has 6 heteroatoms. The van der Waals surface area contributed by atoms with Gasteiger partial charge in [-0.05, 0) is 50.7 Å². The highest BCUT2D eigenvalue weighted by Crippen LogP contribution is 2.39. The van der Waals surface area contributed by atoms with Crippen molar-refractivity contribution >= 4 is 22.8 Å². The molecule has 26 heavy (non-hydrogen) atoms. The molecule has 1 atom stereocenters. The van der Waals surface area contributed by atoms with E-state index in [2.05, 4.69) is 11.4 Å². The van der Waals surface area contributed by atoms with E-state index in [1.165, 1.54) is 0 Å². The maximum atomic E-state index is 12.1. The van der Waals surface area contributed by atoms with Gasteiger partial charge in [0.1, 0.15) is 11.1 Å². The molecule has 1 heterocycles. The number of carbonyl (C=O) groups is 2. The summed E-state index contributed by atoms with van der Waals surface area (Å²) in [4.78, 5) is 24.1. The number of nitrogens with one attached hydrogen (secondary N) is 1. The van der Waals surface area contributed by atoms with Crippen LogP contribution >= 0.6 is 0 Å². The van der Waals surface area contributed by atoms with Gasteiger partial charge < -0.3 is 14.5 Å². The molecule has 1 aromatic heterocycles. The maximum Gasteiger partial charge on any atom is 0.310 e. The van der Waals surface area contributed by atoms with Crippen molar-refractivity contribution in [3.63, 3.8) is 0 Å². The van der Waals surface area contributed by atoms with Crippen molar-refractivity contribution in [2.45, 2.75) is 45.6 Å². The van der Waals surface area contributed by atoms with Crippen molar-refractivity contribution < 1.29 is 18.7 Å². The van der Waals surface area contributed by atoms with E-state index >= 15 is 0 Å². The summed E-state index contributed by atoms with van der Waals surface area (Å²) in [5.74, 6) is -0.792. The second-order valence-electron chi connectivity index (χ2n) is 7.12. The van der Waals surface area contributed by atoms with Gasteiger partial charge in [-0.15, -0.1) is 0 Å². The Kier molecular flexibility index (Phi) is 4.73. The Morgan fingerprint density at radius 3 is 2.77 bits per heavy atom. The molecular formula is C20H22N2O4. The van der Waals surface area contributed by atoms with Gasteiger partial charge in [-0.1, -0.05) is 12.1 Å². The first kappa shape index (κ1) is 18.0. The first-order valence-electron chi connectivity index (χ1n) is 8.68. The number of esters is 1. The summed E-state index contributed by atoms with van der Waals surface area (Å²) in [7, 11) is 0. The summed E-state index contributed by atoms with van der Waals surface area (Å²) in [6.07, 6.45) is 3.44.